The fourth-order valence-corrected chi connectivity index (χ4v) is 6.59. The number of hydrogen-bond acceptors (Lipinski definition) is 9. The normalized spacial score (nSPS) is 18.8. The van der Waals surface area contributed by atoms with Crippen molar-refractivity contribution in [3.8, 4) is 11.4 Å². The second-order valence-electron chi connectivity index (χ2n) is 8.52. The highest BCUT2D eigenvalue weighted by atomic mass is 32.2. The summed E-state index contributed by atoms with van der Waals surface area (Å²) >= 11 is 0. The Labute approximate surface area is 217 Å². The van der Waals surface area contributed by atoms with Crippen molar-refractivity contribution in [2.45, 2.75) is 30.8 Å². The van der Waals surface area contributed by atoms with E-state index in [1.54, 1.807) is 16.5 Å². The van der Waals surface area contributed by atoms with Gasteiger partial charge in [0.2, 0.25) is 5.95 Å². The molecule has 2 amide bonds. The number of primary amides is 1. The lowest BCUT2D eigenvalue weighted by Crippen LogP contribution is -2.39. The van der Waals surface area contributed by atoms with Gasteiger partial charge in [-0.3, -0.25) is 14.9 Å². The number of nitrogens with zero attached hydrogens (tertiary/aromatic N) is 7. The first-order chi connectivity index (χ1) is 18.3. The molecule has 3 aromatic rings. The van der Waals surface area contributed by atoms with Crippen molar-refractivity contribution >= 4 is 33.9 Å². The summed E-state index contributed by atoms with van der Waals surface area (Å²) in [5.41, 5.74) is 6.35. The number of thiol groups is 1. The van der Waals surface area contributed by atoms with Gasteiger partial charge in [0.05, 0.1) is 34.1 Å². The number of amides is 2. The molecule has 0 radical (unpaired) electrons. The second-order valence-corrected chi connectivity index (χ2v) is 10.6. The van der Waals surface area contributed by atoms with Gasteiger partial charge in [0.25, 0.3) is 10.9 Å². The summed E-state index contributed by atoms with van der Waals surface area (Å²) in [4.78, 5) is 50.3. The van der Waals surface area contributed by atoms with Crippen LogP contribution >= 0.6 is 10.9 Å². The van der Waals surface area contributed by atoms with Crippen LogP contribution in [0.3, 0.4) is 0 Å². The topological polar surface area (TPSA) is 172 Å². The zero-order chi connectivity index (χ0) is 27.0. The van der Waals surface area contributed by atoms with Crippen LogP contribution in [0.4, 0.5) is 9.18 Å². The van der Waals surface area contributed by atoms with Gasteiger partial charge in [-0.05, 0) is 38.0 Å². The van der Waals surface area contributed by atoms with Gasteiger partial charge >= 0.3 is 6.09 Å². The molecule has 1 saturated heterocycles. The number of aromatic nitrogens is 5. The van der Waals surface area contributed by atoms with E-state index in [4.69, 9.17) is 10.5 Å². The maximum absolute atomic E-state index is 13.5. The first-order valence-electron chi connectivity index (χ1n) is 11.7. The summed E-state index contributed by atoms with van der Waals surface area (Å²) in [6.07, 6.45) is 6.15. The molecule has 0 bridgehead atoms. The van der Waals surface area contributed by atoms with Gasteiger partial charge in [0.1, 0.15) is 5.03 Å². The van der Waals surface area contributed by atoms with Gasteiger partial charge in [-0.2, -0.15) is 9.49 Å². The predicted octanol–water partition coefficient (Wildman–Crippen LogP) is 2.68. The van der Waals surface area contributed by atoms with E-state index in [1.165, 1.54) is 30.6 Å². The van der Waals surface area contributed by atoms with Crippen molar-refractivity contribution in [3.63, 3.8) is 0 Å². The fraction of sp³-hybridized carbons (Fsp3) is 0.304. The Bertz CT molecular complexity index is 1470. The molecule has 1 unspecified atom stereocenters. The van der Waals surface area contributed by atoms with Gasteiger partial charge in [-0.15, -0.1) is 0 Å². The molecule has 1 fully saturated rings. The number of halogens is 1. The Morgan fingerprint density at radius 2 is 2.00 bits per heavy atom. The first kappa shape index (κ1) is 25.3. The number of piperidine rings is 1. The molecule has 3 aromatic heterocycles. The van der Waals surface area contributed by atoms with Crippen LogP contribution < -0.4 is 5.73 Å². The lowest BCUT2D eigenvalue weighted by atomic mass is 10.1. The third-order valence-corrected chi connectivity index (χ3v) is 8.65. The van der Waals surface area contributed by atoms with E-state index < -0.39 is 27.7 Å². The first-order valence-corrected chi connectivity index (χ1v) is 13.1. The van der Waals surface area contributed by atoms with E-state index in [-0.39, 0.29) is 39.5 Å². The maximum Gasteiger partial charge on any atom is 0.409 e. The number of hydrogen-bond donors (Lipinski definition) is 2. The Kier molecular flexibility index (Phi) is 6.75. The quantitative estimate of drug-likeness (QED) is 0.156. The van der Waals surface area contributed by atoms with E-state index >= 15 is 0 Å². The number of carbonyl (C=O) groups excluding carboxylic acids is 2. The minimum Gasteiger partial charge on any atom is -0.450 e. The van der Waals surface area contributed by atoms with E-state index in [2.05, 4.69) is 20.1 Å². The third-order valence-electron chi connectivity index (χ3n) is 6.27. The van der Waals surface area contributed by atoms with Gasteiger partial charge in [0, 0.05) is 30.9 Å². The molecular formula is C23H23FN8O5S. The number of ether oxygens (including phenoxy) is 1. The molecule has 13 nitrogen and oxygen atoms in total. The van der Waals surface area contributed by atoms with E-state index in [0.29, 0.717) is 42.5 Å². The average Bonchev–Trinajstić information content (AvgIpc) is 3.54. The van der Waals surface area contributed by atoms with Gasteiger partial charge < -0.3 is 15.4 Å². The molecule has 15 heteroatoms. The number of pyridine rings is 1. The van der Waals surface area contributed by atoms with Crippen molar-refractivity contribution < 1.29 is 23.6 Å². The molecule has 2 N–H and O–H groups in total. The number of fused-ring (bicyclic) bond motifs is 1. The lowest BCUT2D eigenvalue weighted by molar-refractivity contribution is -0.410. The average molecular weight is 543 g/mol. The number of allylic oxidation sites excluding steroid dienone is 2. The summed E-state index contributed by atoms with van der Waals surface area (Å²) in [6.45, 7) is 2.94. The summed E-state index contributed by atoms with van der Waals surface area (Å²) in [7, 11) is -2.00. The van der Waals surface area contributed by atoms with Crippen molar-refractivity contribution in [2.75, 3.05) is 19.7 Å². The second kappa shape index (κ2) is 10.2. The van der Waals surface area contributed by atoms with Crippen LogP contribution in [0.15, 0.2) is 51.6 Å². The predicted molar refractivity (Wildman–Crippen MR) is 135 cm³/mol. The molecule has 38 heavy (non-hydrogen) atoms. The minimum absolute atomic E-state index is 0.0744. The van der Waals surface area contributed by atoms with Crippen LogP contribution in [0.2, 0.25) is 0 Å². The summed E-state index contributed by atoms with van der Waals surface area (Å²) in [5.74, 6) is -1.34. The highest BCUT2D eigenvalue weighted by Crippen LogP contribution is 2.55. The Hall–Kier alpha value is -4.40. The Morgan fingerprint density at radius 1 is 1.24 bits per heavy atom. The zero-order valence-corrected chi connectivity index (χ0v) is 21.0. The molecule has 0 saturated carbocycles. The van der Waals surface area contributed by atoms with Crippen molar-refractivity contribution in [2.24, 2.45) is 5.73 Å². The standard InChI is InChI=1S/C23H23FN8O5S/c1-2-37-23(34)30-9-7-14(8-10-30)31-21-15(12-27-31)22(29-20(28-21)13-3-5-17(24)26-11-13)38-16(19(25)33)4-6-18(38)32(35)36/h3-6,11-12,14,38H,2,7-10H2,1H3,(H2,25,33). The molecule has 0 aromatic carbocycles. The zero-order valence-electron chi connectivity index (χ0n) is 20.2. The molecule has 1 atom stereocenters. The highest BCUT2D eigenvalue weighted by Gasteiger charge is 2.36. The SMILES string of the molecule is CCOC(=O)N1CCC(n2ncc3c([SH]4C(C(N)=O)=CC=C4[N+](=O)[O-])nc(-c4ccc(F)nc4)nc32)CC1. The molecule has 0 spiro atoms. The largest absolute Gasteiger partial charge is 0.450 e. The van der Waals surface area contributed by atoms with Crippen LogP contribution in [-0.2, 0) is 9.53 Å². The number of carbonyl (C=O) groups is 2. The molecule has 2 aliphatic rings. The molecule has 0 aliphatic carbocycles. The smallest absolute Gasteiger partial charge is 0.409 e. The number of likely N-dealkylation sites (tertiary alicyclic amines) is 1. The van der Waals surface area contributed by atoms with Gasteiger partial charge in [0.15, 0.2) is 11.5 Å². The number of nitrogens with two attached hydrogens (primary N) is 1. The molecule has 5 heterocycles. The minimum atomic E-state index is -2.00. The van der Waals surface area contributed by atoms with E-state index in [9.17, 15) is 24.1 Å². The van der Waals surface area contributed by atoms with Crippen LogP contribution in [0, 0.1) is 16.1 Å². The summed E-state index contributed by atoms with van der Waals surface area (Å²) in [6, 6.07) is 2.47. The van der Waals surface area contributed by atoms with Gasteiger partial charge in [-0.25, -0.2) is 24.4 Å². The third kappa shape index (κ3) is 4.55. The molecular weight excluding hydrogens is 519 g/mol. The molecule has 198 valence electrons. The van der Waals surface area contributed by atoms with Crippen LogP contribution in [0.25, 0.3) is 22.4 Å². The monoisotopic (exact) mass is 542 g/mol. The number of nitro groups is 1. The van der Waals surface area contributed by atoms with E-state index in [0.717, 1.165) is 6.07 Å². The highest BCUT2D eigenvalue weighted by molar-refractivity contribution is 8.24. The fourth-order valence-electron chi connectivity index (χ4n) is 4.48. The maximum atomic E-state index is 13.5. The molecule has 2 aliphatic heterocycles. The van der Waals surface area contributed by atoms with E-state index in [1.807, 2.05) is 0 Å². The molecule has 5 rings (SSSR count). The van der Waals surface area contributed by atoms with Crippen LogP contribution in [-0.4, -0.2) is 66.3 Å². The van der Waals surface area contributed by atoms with Crippen molar-refractivity contribution in [1.29, 1.82) is 0 Å². The van der Waals surface area contributed by atoms with Crippen LogP contribution in [0.1, 0.15) is 25.8 Å². The Morgan fingerprint density at radius 3 is 2.63 bits per heavy atom. The summed E-state index contributed by atoms with van der Waals surface area (Å²) < 4.78 is 20.3. The lowest BCUT2D eigenvalue weighted by Gasteiger charge is -2.31. The Balaban J connectivity index is 1.62. The summed E-state index contributed by atoms with van der Waals surface area (Å²) in [5, 5.41) is 16.9. The van der Waals surface area contributed by atoms with Crippen molar-refractivity contribution in [3.05, 3.63) is 62.7 Å². The van der Waals surface area contributed by atoms with Crippen molar-refractivity contribution in [1.82, 2.24) is 29.6 Å². The number of rotatable bonds is 6. The van der Waals surface area contributed by atoms with Gasteiger partial charge in [-0.1, -0.05) is 10.9 Å². The van der Waals surface area contributed by atoms with Crippen LogP contribution in [0.5, 0.6) is 0 Å².